The molecule has 1 atom stereocenters. The molecule has 0 radical (unpaired) electrons. The molecule has 3 fully saturated rings. The van der Waals surface area contributed by atoms with E-state index in [9.17, 15) is 4.39 Å². The number of pyridine rings is 1. The summed E-state index contributed by atoms with van der Waals surface area (Å²) in [6, 6.07) is 3.60. The number of ether oxygens (including phenoxy) is 3. The van der Waals surface area contributed by atoms with Gasteiger partial charge in [-0.25, -0.2) is 9.37 Å². The zero-order valence-electron chi connectivity index (χ0n) is 14.0. The maximum atomic E-state index is 13.7. The van der Waals surface area contributed by atoms with Crippen LogP contribution < -0.4 is 4.74 Å². The number of hydrogen-bond donors (Lipinski definition) is 0. The van der Waals surface area contributed by atoms with Gasteiger partial charge in [0, 0.05) is 45.0 Å². The fraction of sp³-hybridized carbons (Fsp3) is 0.722. The number of halogens is 1. The Balaban J connectivity index is 1.31. The predicted molar refractivity (Wildman–Crippen MR) is 86.6 cm³/mol. The molecule has 0 unspecified atom stereocenters. The molecule has 3 aliphatic heterocycles. The van der Waals surface area contributed by atoms with E-state index < -0.39 is 5.82 Å². The van der Waals surface area contributed by atoms with Crippen LogP contribution >= 0.6 is 0 Å². The molecule has 0 amide bonds. The van der Waals surface area contributed by atoms with Crippen LogP contribution in [0.25, 0.3) is 0 Å². The lowest BCUT2D eigenvalue weighted by molar-refractivity contribution is -0.0616. The highest BCUT2D eigenvalue weighted by molar-refractivity contribution is 5.13. The van der Waals surface area contributed by atoms with Crippen LogP contribution in [0.2, 0.25) is 0 Å². The Bertz CT molecular complexity index is 557. The first-order chi connectivity index (χ1) is 11.7. The minimum atomic E-state index is -0.409. The first kappa shape index (κ1) is 16.2. The molecule has 1 aromatic rings. The Kier molecular flexibility index (Phi) is 4.70. The van der Waals surface area contributed by atoms with Crippen LogP contribution in [-0.4, -0.2) is 60.5 Å². The van der Waals surface area contributed by atoms with Crippen LogP contribution in [0.15, 0.2) is 18.3 Å². The summed E-state index contributed by atoms with van der Waals surface area (Å²) in [5.74, 6) is -0.324. The molecule has 0 aliphatic carbocycles. The van der Waals surface area contributed by atoms with Crippen molar-refractivity contribution in [3.05, 3.63) is 24.1 Å². The van der Waals surface area contributed by atoms with E-state index in [0.29, 0.717) is 12.6 Å². The van der Waals surface area contributed by atoms with Crippen molar-refractivity contribution in [3.8, 4) is 5.88 Å². The summed E-state index contributed by atoms with van der Waals surface area (Å²) >= 11 is 0. The summed E-state index contributed by atoms with van der Waals surface area (Å²) in [4.78, 5) is 6.56. The molecule has 4 rings (SSSR count). The first-order valence-electron chi connectivity index (χ1n) is 8.97. The van der Waals surface area contributed by atoms with E-state index >= 15 is 0 Å². The van der Waals surface area contributed by atoms with Crippen molar-refractivity contribution >= 4 is 0 Å². The van der Waals surface area contributed by atoms with Crippen molar-refractivity contribution in [3.63, 3.8) is 0 Å². The topological polar surface area (TPSA) is 43.8 Å². The fourth-order valence-corrected chi connectivity index (χ4v) is 4.19. The lowest BCUT2D eigenvalue weighted by Gasteiger charge is -2.43. The average Bonchev–Trinajstić information content (AvgIpc) is 3.01. The third kappa shape index (κ3) is 3.41. The van der Waals surface area contributed by atoms with Crippen molar-refractivity contribution in [2.24, 2.45) is 0 Å². The second kappa shape index (κ2) is 6.94. The number of nitrogens with zero attached hydrogens (tertiary/aromatic N) is 2. The summed E-state index contributed by atoms with van der Waals surface area (Å²) in [6.07, 6.45) is 6.59. The molecule has 0 bridgehead atoms. The van der Waals surface area contributed by atoms with Crippen molar-refractivity contribution in [1.29, 1.82) is 0 Å². The maximum absolute atomic E-state index is 13.7. The third-order valence-electron chi connectivity index (χ3n) is 5.59. The summed E-state index contributed by atoms with van der Waals surface area (Å²) < 4.78 is 31.0. The van der Waals surface area contributed by atoms with E-state index in [1.165, 1.54) is 6.07 Å². The summed E-state index contributed by atoms with van der Waals surface area (Å²) in [5, 5.41) is 0. The van der Waals surface area contributed by atoms with Crippen LogP contribution in [0.4, 0.5) is 4.39 Å². The van der Waals surface area contributed by atoms with Crippen LogP contribution in [0.5, 0.6) is 5.88 Å². The third-order valence-corrected chi connectivity index (χ3v) is 5.59. The van der Waals surface area contributed by atoms with E-state index in [4.69, 9.17) is 14.2 Å². The van der Waals surface area contributed by atoms with E-state index in [1.807, 2.05) is 0 Å². The molecule has 1 aromatic heterocycles. The van der Waals surface area contributed by atoms with E-state index in [2.05, 4.69) is 9.88 Å². The van der Waals surface area contributed by atoms with Gasteiger partial charge in [0.05, 0.1) is 12.2 Å². The minimum Gasteiger partial charge on any atom is -0.470 e. The Hall–Kier alpha value is -1.24. The molecule has 1 spiro atoms. The van der Waals surface area contributed by atoms with Gasteiger partial charge in [0.15, 0.2) is 5.82 Å². The molecule has 0 saturated carbocycles. The molecule has 3 aliphatic rings. The molecular formula is C18H25FN2O3. The van der Waals surface area contributed by atoms with Gasteiger partial charge >= 0.3 is 0 Å². The standard InChI is InChI=1S/C18H25FN2O3/c19-16-2-1-7-20-17(16)24-15-12-18(23-13-15)5-8-21(9-6-18)14-3-10-22-11-4-14/h1-2,7,14-15H,3-6,8-13H2/t15-/m0/s1. The lowest BCUT2D eigenvalue weighted by Crippen LogP contribution is -2.49. The highest BCUT2D eigenvalue weighted by atomic mass is 19.1. The average molecular weight is 336 g/mol. The van der Waals surface area contributed by atoms with Crippen LogP contribution in [0.1, 0.15) is 32.1 Å². The number of hydrogen-bond acceptors (Lipinski definition) is 5. The zero-order valence-corrected chi connectivity index (χ0v) is 14.0. The van der Waals surface area contributed by atoms with Gasteiger partial charge in [0.1, 0.15) is 6.10 Å². The molecule has 0 N–H and O–H groups in total. The largest absolute Gasteiger partial charge is 0.470 e. The quantitative estimate of drug-likeness (QED) is 0.848. The highest BCUT2D eigenvalue weighted by Crippen LogP contribution is 2.38. The van der Waals surface area contributed by atoms with E-state index in [-0.39, 0.29) is 17.6 Å². The Labute approximate surface area is 142 Å². The highest BCUT2D eigenvalue weighted by Gasteiger charge is 2.44. The normalized spacial score (nSPS) is 28.3. The molecular weight excluding hydrogens is 311 g/mol. The predicted octanol–water partition coefficient (Wildman–Crippen LogP) is 2.40. The first-order valence-corrected chi connectivity index (χ1v) is 8.97. The summed E-state index contributed by atoms with van der Waals surface area (Å²) in [7, 11) is 0. The fourth-order valence-electron chi connectivity index (χ4n) is 4.19. The second-order valence-electron chi connectivity index (χ2n) is 7.11. The van der Waals surface area contributed by atoms with Crippen molar-refractivity contribution in [1.82, 2.24) is 9.88 Å². The smallest absolute Gasteiger partial charge is 0.250 e. The molecule has 132 valence electrons. The van der Waals surface area contributed by atoms with Crippen molar-refractivity contribution in [2.45, 2.75) is 49.9 Å². The van der Waals surface area contributed by atoms with Crippen LogP contribution in [0.3, 0.4) is 0 Å². The van der Waals surface area contributed by atoms with Crippen molar-refractivity contribution < 1.29 is 18.6 Å². The molecule has 3 saturated heterocycles. The Morgan fingerprint density at radius 2 is 2.04 bits per heavy atom. The van der Waals surface area contributed by atoms with Crippen molar-refractivity contribution in [2.75, 3.05) is 32.9 Å². The zero-order chi connectivity index (χ0) is 16.4. The minimum absolute atomic E-state index is 0.0859. The van der Waals surface area contributed by atoms with Gasteiger partial charge in [-0.3, -0.25) is 4.90 Å². The number of piperidine rings is 1. The summed E-state index contributed by atoms with van der Waals surface area (Å²) in [6.45, 7) is 4.42. The van der Waals surface area contributed by atoms with E-state index in [1.54, 1.807) is 12.3 Å². The molecule has 24 heavy (non-hydrogen) atoms. The number of rotatable bonds is 3. The summed E-state index contributed by atoms with van der Waals surface area (Å²) in [5.41, 5.74) is -0.0996. The van der Waals surface area contributed by atoms with Crippen LogP contribution in [0, 0.1) is 5.82 Å². The SMILES string of the molecule is Fc1cccnc1O[C@@H]1COC2(CCN(C3CCOCC3)CC2)C1. The molecule has 5 nitrogen and oxygen atoms in total. The van der Waals surface area contributed by atoms with E-state index in [0.717, 1.165) is 58.4 Å². The van der Waals surface area contributed by atoms with Crippen LogP contribution in [-0.2, 0) is 9.47 Å². The number of aromatic nitrogens is 1. The van der Waals surface area contributed by atoms with Gasteiger partial charge in [-0.2, -0.15) is 0 Å². The van der Waals surface area contributed by atoms with Gasteiger partial charge in [-0.1, -0.05) is 0 Å². The van der Waals surface area contributed by atoms with Gasteiger partial charge in [-0.05, 0) is 37.8 Å². The van der Waals surface area contributed by atoms with Gasteiger partial charge in [0.25, 0.3) is 5.88 Å². The van der Waals surface area contributed by atoms with Gasteiger partial charge < -0.3 is 14.2 Å². The Morgan fingerprint density at radius 3 is 2.79 bits per heavy atom. The monoisotopic (exact) mass is 336 g/mol. The van der Waals surface area contributed by atoms with Gasteiger partial charge in [0.2, 0.25) is 0 Å². The molecule has 6 heteroatoms. The maximum Gasteiger partial charge on any atom is 0.250 e. The number of likely N-dealkylation sites (tertiary alicyclic amines) is 1. The molecule has 0 aromatic carbocycles. The lowest BCUT2D eigenvalue weighted by atomic mass is 9.87. The second-order valence-corrected chi connectivity index (χ2v) is 7.11. The van der Waals surface area contributed by atoms with Gasteiger partial charge in [-0.15, -0.1) is 0 Å². The molecule has 4 heterocycles. The Morgan fingerprint density at radius 1 is 1.25 bits per heavy atom.